The molecule has 0 aromatic carbocycles. The van der Waals surface area contributed by atoms with Gasteiger partial charge in [0.1, 0.15) is 12.2 Å². The lowest BCUT2D eigenvalue weighted by atomic mass is 10.1. The average molecular weight is 345 g/mol. The summed E-state index contributed by atoms with van der Waals surface area (Å²) in [5.41, 5.74) is -0.316. The van der Waals surface area contributed by atoms with Crippen LogP contribution < -0.4 is 4.90 Å². The standard InChI is InChI=1S/C13H17ClN4O5/c1-3-9(12(19)22-2)17(8-4-5-23-7-8)11-10(18(20)21)6-15-13(14)16-11/h6,8-9H,3-5,7H2,1-2H3/t8-,9-/m1/s1. The Hall–Kier alpha value is -2.00. The number of halogens is 1. The van der Waals surface area contributed by atoms with E-state index < -0.39 is 16.9 Å². The summed E-state index contributed by atoms with van der Waals surface area (Å²) in [7, 11) is 1.27. The van der Waals surface area contributed by atoms with E-state index in [1.54, 1.807) is 11.8 Å². The normalized spacial score (nSPS) is 18.5. The number of aromatic nitrogens is 2. The minimum absolute atomic E-state index is 0.00255. The van der Waals surface area contributed by atoms with Crippen molar-refractivity contribution in [2.24, 2.45) is 0 Å². The van der Waals surface area contributed by atoms with Gasteiger partial charge in [-0.05, 0) is 24.4 Å². The second-order valence-electron chi connectivity index (χ2n) is 4.98. The summed E-state index contributed by atoms with van der Waals surface area (Å²) in [6.45, 7) is 2.64. The first kappa shape index (κ1) is 17.4. The van der Waals surface area contributed by atoms with E-state index in [4.69, 9.17) is 21.1 Å². The van der Waals surface area contributed by atoms with Crippen LogP contribution in [0.15, 0.2) is 6.20 Å². The summed E-state index contributed by atoms with van der Waals surface area (Å²) in [5, 5.41) is 11.2. The second-order valence-corrected chi connectivity index (χ2v) is 5.31. The van der Waals surface area contributed by atoms with Gasteiger partial charge in [0.05, 0.1) is 24.7 Å². The van der Waals surface area contributed by atoms with Gasteiger partial charge in [0, 0.05) is 6.61 Å². The molecule has 1 aromatic rings. The summed E-state index contributed by atoms with van der Waals surface area (Å²) in [6.07, 6.45) is 2.05. The number of carbonyl (C=O) groups is 1. The lowest BCUT2D eigenvalue weighted by molar-refractivity contribution is -0.384. The van der Waals surface area contributed by atoms with Gasteiger partial charge < -0.3 is 14.4 Å². The van der Waals surface area contributed by atoms with Gasteiger partial charge in [0.25, 0.3) is 0 Å². The van der Waals surface area contributed by atoms with E-state index >= 15 is 0 Å². The van der Waals surface area contributed by atoms with E-state index in [1.165, 1.54) is 7.11 Å². The van der Waals surface area contributed by atoms with Crippen LogP contribution in [-0.4, -0.2) is 53.3 Å². The largest absolute Gasteiger partial charge is 0.467 e. The van der Waals surface area contributed by atoms with Gasteiger partial charge in [-0.1, -0.05) is 6.92 Å². The van der Waals surface area contributed by atoms with Gasteiger partial charge in [-0.25, -0.2) is 9.78 Å². The van der Waals surface area contributed by atoms with Crippen LogP contribution in [0, 0.1) is 10.1 Å². The number of hydrogen-bond donors (Lipinski definition) is 0. The maximum Gasteiger partial charge on any atom is 0.329 e. The van der Waals surface area contributed by atoms with Crippen molar-refractivity contribution >= 4 is 29.1 Å². The van der Waals surface area contributed by atoms with E-state index in [2.05, 4.69) is 9.97 Å². The average Bonchev–Trinajstić information content (AvgIpc) is 3.05. The van der Waals surface area contributed by atoms with E-state index in [0.29, 0.717) is 26.1 Å². The van der Waals surface area contributed by atoms with Crippen LogP contribution in [0.25, 0.3) is 0 Å². The van der Waals surface area contributed by atoms with Crippen molar-refractivity contribution in [3.05, 3.63) is 21.6 Å². The number of nitrogens with zero attached hydrogens (tertiary/aromatic N) is 4. The first-order valence-corrected chi connectivity index (χ1v) is 7.48. The Kier molecular flexibility index (Phi) is 5.67. The third-order valence-corrected chi connectivity index (χ3v) is 3.84. The molecule has 2 heterocycles. The summed E-state index contributed by atoms with van der Waals surface area (Å²) in [6, 6.07) is -0.958. The maximum absolute atomic E-state index is 12.1. The predicted octanol–water partition coefficient (Wildman–Crippen LogP) is 1.59. The molecule has 1 aromatic heterocycles. The molecule has 23 heavy (non-hydrogen) atoms. The number of rotatable bonds is 6. The third kappa shape index (κ3) is 3.67. The lowest BCUT2D eigenvalue weighted by Crippen LogP contribution is -2.49. The topological polar surface area (TPSA) is 108 Å². The number of esters is 1. The molecule has 0 radical (unpaired) electrons. The molecule has 0 bridgehead atoms. The summed E-state index contributed by atoms with van der Waals surface area (Å²) >= 11 is 5.81. The molecular weight excluding hydrogens is 328 g/mol. The van der Waals surface area contributed by atoms with Gasteiger partial charge in [-0.15, -0.1) is 0 Å². The van der Waals surface area contributed by atoms with Gasteiger partial charge in [0.15, 0.2) is 0 Å². The Morgan fingerprint density at radius 3 is 2.96 bits per heavy atom. The molecule has 0 saturated carbocycles. The highest BCUT2D eigenvalue weighted by Crippen LogP contribution is 2.32. The minimum atomic E-state index is -0.726. The highest BCUT2D eigenvalue weighted by atomic mass is 35.5. The molecule has 0 N–H and O–H groups in total. The zero-order valence-corrected chi connectivity index (χ0v) is 13.5. The van der Waals surface area contributed by atoms with Crippen molar-refractivity contribution in [1.82, 2.24) is 9.97 Å². The maximum atomic E-state index is 12.1. The van der Waals surface area contributed by atoms with Crippen LogP contribution in [0.3, 0.4) is 0 Å². The van der Waals surface area contributed by atoms with E-state index in [0.717, 1.165) is 6.20 Å². The van der Waals surface area contributed by atoms with Crippen LogP contribution in [0.2, 0.25) is 5.28 Å². The zero-order valence-electron chi connectivity index (χ0n) is 12.8. The molecule has 1 fully saturated rings. The molecule has 2 atom stereocenters. The van der Waals surface area contributed by atoms with E-state index in [-0.39, 0.29) is 22.8 Å². The number of ether oxygens (including phenoxy) is 2. The first-order chi connectivity index (χ1) is 11.0. The molecule has 0 amide bonds. The van der Waals surface area contributed by atoms with Crippen LogP contribution in [0.5, 0.6) is 0 Å². The van der Waals surface area contributed by atoms with Crippen LogP contribution >= 0.6 is 11.6 Å². The molecule has 2 rings (SSSR count). The molecule has 1 aliphatic rings. The summed E-state index contributed by atoms with van der Waals surface area (Å²) in [5.74, 6) is -0.494. The molecule has 1 saturated heterocycles. The van der Waals surface area contributed by atoms with Crippen molar-refractivity contribution in [1.29, 1.82) is 0 Å². The van der Waals surface area contributed by atoms with Crippen LogP contribution in [0.4, 0.5) is 11.5 Å². The van der Waals surface area contributed by atoms with E-state index in [1.807, 2.05) is 0 Å². The monoisotopic (exact) mass is 344 g/mol. The molecular formula is C13H17ClN4O5. The molecule has 0 unspecified atom stereocenters. The number of nitro groups is 1. The number of carbonyl (C=O) groups excluding carboxylic acids is 1. The molecule has 0 aliphatic carbocycles. The van der Waals surface area contributed by atoms with Gasteiger partial charge >= 0.3 is 11.7 Å². The van der Waals surface area contributed by atoms with Crippen molar-refractivity contribution < 1.29 is 19.2 Å². The molecule has 126 valence electrons. The fraction of sp³-hybridized carbons (Fsp3) is 0.615. The third-order valence-electron chi connectivity index (χ3n) is 3.66. The predicted molar refractivity (Wildman–Crippen MR) is 81.5 cm³/mol. The Bertz CT molecular complexity index is 594. The van der Waals surface area contributed by atoms with Crippen molar-refractivity contribution in [2.75, 3.05) is 25.2 Å². The Balaban J connectivity index is 2.55. The zero-order chi connectivity index (χ0) is 17.0. The highest BCUT2D eigenvalue weighted by Gasteiger charge is 2.38. The molecule has 9 nitrogen and oxygen atoms in total. The van der Waals surface area contributed by atoms with Gasteiger partial charge in [-0.3, -0.25) is 10.1 Å². The first-order valence-electron chi connectivity index (χ1n) is 7.10. The Morgan fingerprint density at radius 1 is 1.70 bits per heavy atom. The molecule has 10 heteroatoms. The number of anilines is 1. The van der Waals surface area contributed by atoms with Crippen LogP contribution in [0.1, 0.15) is 19.8 Å². The van der Waals surface area contributed by atoms with E-state index in [9.17, 15) is 14.9 Å². The van der Waals surface area contributed by atoms with Gasteiger partial charge in [0.2, 0.25) is 11.1 Å². The quantitative estimate of drug-likeness (QED) is 0.331. The Labute approximate surface area is 137 Å². The lowest BCUT2D eigenvalue weighted by Gasteiger charge is -2.34. The highest BCUT2D eigenvalue weighted by molar-refractivity contribution is 6.28. The molecule has 1 aliphatic heterocycles. The van der Waals surface area contributed by atoms with Crippen molar-refractivity contribution in [3.8, 4) is 0 Å². The van der Waals surface area contributed by atoms with Gasteiger partial charge in [-0.2, -0.15) is 4.98 Å². The van der Waals surface area contributed by atoms with Crippen molar-refractivity contribution in [3.63, 3.8) is 0 Å². The van der Waals surface area contributed by atoms with Crippen LogP contribution in [-0.2, 0) is 14.3 Å². The minimum Gasteiger partial charge on any atom is -0.467 e. The summed E-state index contributed by atoms with van der Waals surface area (Å²) < 4.78 is 10.2. The number of methoxy groups -OCH3 is 1. The fourth-order valence-electron chi connectivity index (χ4n) is 2.59. The fourth-order valence-corrected chi connectivity index (χ4v) is 2.72. The summed E-state index contributed by atoms with van der Waals surface area (Å²) in [4.78, 5) is 32.1. The SMILES string of the molecule is CC[C@H](C(=O)OC)N(c1nc(Cl)ncc1[N+](=O)[O-])[C@@H]1CCOC1. The Morgan fingerprint density at radius 2 is 2.43 bits per heavy atom. The smallest absolute Gasteiger partial charge is 0.329 e. The number of hydrogen-bond acceptors (Lipinski definition) is 8. The second kappa shape index (κ2) is 7.51. The molecule has 0 spiro atoms. The van der Waals surface area contributed by atoms with Crippen molar-refractivity contribution in [2.45, 2.75) is 31.8 Å².